The van der Waals surface area contributed by atoms with E-state index < -0.39 is 0 Å². The fourth-order valence-corrected chi connectivity index (χ4v) is 0.833. The maximum Gasteiger partial charge on any atom is 0.320 e. The highest BCUT2D eigenvalue weighted by Gasteiger charge is 2.00. The molecule has 0 aliphatic heterocycles. The number of rotatable bonds is 4. The first-order valence-corrected chi connectivity index (χ1v) is 4.03. The van der Waals surface area contributed by atoms with Crippen LogP contribution in [0.15, 0.2) is 24.4 Å². The van der Waals surface area contributed by atoms with Crippen LogP contribution < -0.4 is 5.32 Å². The third-order valence-electron chi connectivity index (χ3n) is 1.43. The number of esters is 1. The molecule has 70 valence electrons. The molecule has 0 saturated carbocycles. The van der Waals surface area contributed by atoms with Crippen LogP contribution in [0.4, 0.5) is 0 Å². The van der Waals surface area contributed by atoms with Gasteiger partial charge in [0.2, 0.25) is 0 Å². The second kappa shape index (κ2) is 5.27. The average Bonchev–Trinajstić information content (AvgIpc) is 2.17. The molecular weight excluding hydrogens is 168 g/mol. The van der Waals surface area contributed by atoms with Crippen molar-refractivity contribution in [1.29, 1.82) is 0 Å². The molecule has 0 atom stereocenters. The van der Waals surface area contributed by atoms with Gasteiger partial charge in [-0.3, -0.25) is 9.78 Å². The van der Waals surface area contributed by atoms with Gasteiger partial charge in [0.05, 0.1) is 12.2 Å². The van der Waals surface area contributed by atoms with Gasteiger partial charge in [0, 0.05) is 6.20 Å². The summed E-state index contributed by atoms with van der Waals surface area (Å²) >= 11 is 0. The zero-order chi connectivity index (χ0) is 9.52. The van der Waals surface area contributed by atoms with Gasteiger partial charge in [-0.25, -0.2) is 0 Å². The van der Waals surface area contributed by atoms with Crippen LogP contribution in [0, 0.1) is 0 Å². The van der Waals surface area contributed by atoms with E-state index in [2.05, 4.69) is 10.3 Å². The topological polar surface area (TPSA) is 51.2 Å². The van der Waals surface area contributed by atoms with Crippen LogP contribution >= 0.6 is 0 Å². The first-order chi connectivity index (χ1) is 6.33. The Labute approximate surface area is 76.9 Å². The Hall–Kier alpha value is -1.42. The van der Waals surface area contributed by atoms with Crippen LogP contribution in [0.2, 0.25) is 0 Å². The number of hydrogen-bond acceptors (Lipinski definition) is 4. The normalized spacial score (nSPS) is 9.62. The molecule has 0 aromatic carbocycles. The van der Waals surface area contributed by atoms with Crippen LogP contribution in [-0.2, 0) is 16.1 Å². The van der Waals surface area contributed by atoms with Crippen molar-refractivity contribution in [2.45, 2.75) is 6.61 Å². The van der Waals surface area contributed by atoms with Crippen molar-refractivity contribution in [3.63, 3.8) is 0 Å². The predicted octanol–water partition coefficient (Wildman–Crippen LogP) is 0.344. The molecule has 1 aromatic rings. The Morgan fingerprint density at radius 1 is 1.62 bits per heavy atom. The molecule has 0 bridgehead atoms. The van der Waals surface area contributed by atoms with Crippen molar-refractivity contribution in [2.75, 3.05) is 13.6 Å². The van der Waals surface area contributed by atoms with Crippen LogP contribution in [-0.4, -0.2) is 24.5 Å². The minimum absolute atomic E-state index is 0.229. The van der Waals surface area contributed by atoms with Gasteiger partial charge in [-0.2, -0.15) is 0 Å². The Bertz CT molecular complexity index is 262. The number of carbonyl (C=O) groups is 1. The van der Waals surface area contributed by atoms with Crippen LogP contribution in [0.25, 0.3) is 0 Å². The molecule has 0 amide bonds. The summed E-state index contributed by atoms with van der Waals surface area (Å²) in [6, 6.07) is 5.49. The zero-order valence-electron chi connectivity index (χ0n) is 7.49. The number of aromatic nitrogens is 1. The number of likely N-dealkylation sites (N-methyl/N-ethyl adjacent to an activating group) is 1. The lowest BCUT2D eigenvalue weighted by Crippen LogP contribution is -2.20. The molecule has 0 aliphatic rings. The molecule has 1 rings (SSSR count). The molecule has 4 nitrogen and oxygen atoms in total. The third-order valence-corrected chi connectivity index (χ3v) is 1.43. The molecule has 0 unspecified atom stereocenters. The van der Waals surface area contributed by atoms with Crippen molar-refractivity contribution in [3.05, 3.63) is 30.1 Å². The average molecular weight is 180 g/mol. The Balaban J connectivity index is 2.31. The Morgan fingerprint density at radius 2 is 2.46 bits per heavy atom. The Kier molecular flexibility index (Phi) is 3.92. The number of nitrogens with zero attached hydrogens (tertiary/aromatic N) is 1. The molecule has 0 spiro atoms. The molecule has 1 N–H and O–H groups in total. The van der Waals surface area contributed by atoms with E-state index in [0.29, 0.717) is 0 Å². The van der Waals surface area contributed by atoms with E-state index >= 15 is 0 Å². The van der Waals surface area contributed by atoms with Gasteiger partial charge in [-0.1, -0.05) is 6.07 Å². The fourth-order valence-electron chi connectivity index (χ4n) is 0.833. The van der Waals surface area contributed by atoms with Crippen molar-refractivity contribution >= 4 is 5.97 Å². The van der Waals surface area contributed by atoms with Gasteiger partial charge in [0.15, 0.2) is 0 Å². The number of nitrogens with one attached hydrogen (secondary N) is 1. The van der Waals surface area contributed by atoms with Gasteiger partial charge < -0.3 is 10.1 Å². The monoisotopic (exact) mass is 180 g/mol. The van der Waals surface area contributed by atoms with Crippen molar-refractivity contribution in [1.82, 2.24) is 10.3 Å². The van der Waals surface area contributed by atoms with E-state index in [4.69, 9.17) is 4.74 Å². The highest BCUT2D eigenvalue weighted by atomic mass is 16.5. The van der Waals surface area contributed by atoms with Gasteiger partial charge in [-0.05, 0) is 19.2 Å². The van der Waals surface area contributed by atoms with Crippen molar-refractivity contribution in [3.8, 4) is 0 Å². The summed E-state index contributed by atoms with van der Waals surface area (Å²) in [5, 5.41) is 2.71. The van der Waals surface area contributed by atoms with Crippen LogP contribution in [0.1, 0.15) is 5.69 Å². The molecule has 0 fully saturated rings. The molecule has 13 heavy (non-hydrogen) atoms. The lowest BCUT2D eigenvalue weighted by Gasteiger charge is -2.02. The summed E-state index contributed by atoms with van der Waals surface area (Å²) in [6.07, 6.45) is 1.67. The molecule has 0 saturated heterocycles. The summed E-state index contributed by atoms with van der Waals surface area (Å²) in [5.74, 6) is -0.270. The van der Waals surface area contributed by atoms with E-state index in [-0.39, 0.29) is 19.1 Å². The second-order valence-electron chi connectivity index (χ2n) is 2.51. The number of pyridine rings is 1. The summed E-state index contributed by atoms with van der Waals surface area (Å²) < 4.78 is 4.90. The largest absolute Gasteiger partial charge is 0.458 e. The smallest absolute Gasteiger partial charge is 0.320 e. The van der Waals surface area contributed by atoms with Crippen molar-refractivity contribution < 1.29 is 9.53 Å². The van der Waals surface area contributed by atoms with E-state index in [9.17, 15) is 4.79 Å². The molecular formula is C9H12N2O2. The highest BCUT2D eigenvalue weighted by molar-refractivity contribution is 5.71. The zero-order valence-corrected chi connectivity index (χ0v) is 7.49. The SMILES string of the molecule is CNCC(=O)OCc1ccccn1. The Morgan fingerprint density at radius 3 is 3.08 bits per heavy atom. The number of hydrogen-bond donors (Lipinski definition) is 1. The molecule has 4 heteroatoms. The van der Waals surface area contributed by atoms with E-state index in [1.807, 2.05) is 18.2 Å². The van der Waals surface area contributed by atoms with E-state index in [1.165, 1.54) is 0 Å². The maximum absolute atomic E-state index is 10.9. The van der Waals surface area contributed by atoms with Gasteiger partial charge in [-0.15, -0.1) is 0 Å². The highest BCUT2D eigenvalue weighted by Crippen LogP contribution is 1.95. The van der Waals surface area contributed by atoms with Gasteiger partial charge in [0.1, 0.15) is 6.61 Å². The van der Waals surface area contributed by atoms with Crippen LogP contribution in [0.5, 0.6) is 0 Å². The number of carbonyl (C=O) groups excluding carboxylic acids is 1. The molecule has 1 aromatic heterocycles. The van der Waals surface area contributed by atoms with Crippen LogP contribution in [0.3, 0.4) is 0 Å². The first-order valence-electron chi connectivity index (χ1n) is 4.03. The fraction of sp³-hybridized carbons (Fsp3) is 0.333. The lowest BCUT2D eigenvalue weighted by molar-refractivity contribution is -0.143. The summed E-state index contributed by atoms with van der Waals surface area (Å²) in [4.78, 5) is 14.9. The molecule has 0 aliphatic carbocycles. The minimum Gasteiger partial charge on any atom is -0.458 e. The predicted molar refractivity (Wildman–Crippen MR) is 48.0 cm³/mol. The van der Waals surface area contributed by atoms with Gasteiger partial charge >= 0.3 is 5.97 Å². The lowest BCUT2D eigenvalue weighted by atomic mass is 10.4. The first kappa shape index (κ1) is 9.67. The third kappa shape index (κ3) is 3.66. The summed E-state index contributed by atoms with van der Waals surface area (Å²) in [5.41, 5.74) is 0.756. The maximum atomic E-state index is 10.9. The number of ether oxygens (including phenoxy) is 1. The molecule has 1 heterocycles. The van der Waals surface area contributed by atoms with Crippen molar-refractivity contribution in [2.24, 2.45) is 0 Å². The minimum atomic E-state index is -0.270. The van der Waals surface area contributed by atoms with E-state index in [1.54, 1.807) is 13.2 Å². The quantitative estimate of drug-likeness (QED) is 0.679. The standard InChI is InChI=1S/C9H12N2O2/c1-10-6-9(12)13-7-8-4-2-3-5-11-8/h2-5,10H,6-7H2,1H3. The van der Waals surface area contributed by atoms with Gasteiger partial charge in [0.25, 0.3) is 0 Å². The second-order valence-corrected chi connectivity index (χ2v) is 2.51. The van der Waals surface area contributed by atoms with E-state index in [0.717, 1.165) is 5.69 Å². The summed E-state index contributed by atoms with van der Waals surface area (Å²) in [7, 11) is 1.70. The molecule has 0 radical (unpaired) electrons. The summed E-state index contributed by atoms with van der Waals surface area (Å²) in [6.45, 7) is 0.466.